The number of benzene rings is 1. The number of halogens is 4. The Morgan fingerprint density at radius 1 is 1.11 bits per heavy atom. The normalized spacial score (nSPS) is 12.7. The Hall–Kier alpha value is -1.82. The fourth-order valence-corrected chi connectivity index (χ4v) is 1.73. The molecule has 2 rings (SSSR count). The minimum absolute atomic E-state index is 0.153. The summed E-state index contributed by atoms with van der Waals surface area (Å²) in [6.07, 6.45) is 0.348. The first-order chi connectivity index (χ1) is 8.90. The highest BCUT2D eigenvalue weighted by Crippen LogP contribution is 2.31. The lowest BCUT2D eigenvalue weighted by molar-refractivity contribution is 0.446. The monoisotopic (exact) mass is 273 g/mol. The standard InChI is InChI=1S/C13H11F4NO/c1-6(18)4-7-2-3-10(19-7)11-12(16)8(14)5-9(15)13(11)17/h2-3,5-6H,4,18H2,1H3. The zero-order valence-corrected chi connectivity index (χ0v) is 10.0. The number of rotatable bonds is 3. The van der Waals surface area contributed by atoms with Crippen molar-refractivity contribution in [2.24, 2.45) is 5.73 Å². The molecule has 0 fully saturated rings. The SMILES string of the molecule is CC(N)Cc1ccc(-c2c(F)c(F)cc(F)c2F)o1. The molecule has 0 saturated carbocycles. The van der Waals surface area contributed by atoms with E-state index in [-0.39, 0.29) is 17.9 Å². The van der Waals surface area contributed by atoms with Crippen LogP contribution < -0.4 is 5.73 Å². The van der Waals surface area contributed by atoms with Gasteiger partial charge in [-0.15, -0.1) is 0 Å². The molecule has 0 radical (unpaired) electrons. The van der Waals surface area contributed by atoms with Gasteiger partial charge in [0.05, 0.1) is 5.56 Å². The summed E-state index contributed by atoms with van der Waals surface area (Å²) in [7, 11) is 0. The van der Waals surface area contributed by atoms with E-state index >= 15 is 0 Å². The van der Waals surface area contributed by atoms with Gasteiger partial charge in [-0.3, -0.25) is 0 Å². The van der Waals surface area contributed by atoms with Crippen LogP contribution in [0.2, 0.25) is 0 Å². The van der Waals surface area contributed by atoms with Crippen molar-refractivity contribution >= 4 is 0 Å². The molecule has 1 aromatic carbocycles. The van der Waals surface area contributed by atoms with Crippen molar-refractivity contribution in [1.29, 1.82) is 0 Å². The predicted molar refractivity (Wildman–Crippen MR) is 61.3 cm³/mol. The molecular formula is C13H11F4NO. The van der Waals surface area contributed by atoms with Gasteiger partial charge in [-0.2, -0.15) is 0 Å². The van der Waals surface area contributed by atoms with E-state index in [1.54, 1.807) is 6.92 Å². The zero-order valence-electron chi connectivity index (χ0n) is 10.0. The quantitative estimate of drug-likeness (QED) is 0.687. The molecule has 2 N–H and O–H groups in total. The van der Waals surface area contributed by atoms with Crippen molar-refractivity contribution in [3.8, 4) is 11.3 Å². The first-order valence-corrected chi connectivity index (χ1v) is 5.57. The van der Waals surface area contributed by atoms with E-state index in [9.17, 15) is 17.6 Å². The van der Waals surface area contributed by atoms with Gasteiger partial charge in [0.1, 0.15) is 11.5 Å². The van der Waals surface area contributed by atoms with Crippen molar-refractivity contribution in [1.82, 2.24) is 0 Å². The second kappa shape index (κ2) is 5.05. The third kappa shape index (κ3) is 2.63. The van der Waals surface area contributed by atoms with Crippen molar-refractivity contribution < 1.29 is 22.0 Å². The van der Waals surface area contributed by atoms with Crippen LogP contribution in [0.5, 0.6) is 0 Å². The van der Waals surface area contributed by atoms with E-state index in [4.69, 9.17) is 10.2 Å². The van der Waals surface area contributed by atoms with Crippen LogP contribution in [0, 0.1) is 23.3 Å². The molecule has 0 aliphatic heterocycles. The maximum atomic E-state index is 13.5. The summed E-state index contributed by atoms with van der Waals surface area (Å²) in [5.74, 6) is -5.81. The van der Waals surface area contributed by atoms with Crippen LogP contribution in [0.25, 0.3) is 11.3 Å². The highest BCUT2D eigenvalue weighted by molar-refractivity contribution is 5.59. The molecule has 0 aliphatic rings. The maximum Gasteiger partial charge on any atom is 0.172 e. The summed E-state index contributed by atoms with van der Waals surface area (Å²) in [6.45, 7) is 1.73. The lowest BCUT2D eigenvalue weighted by Gasteiger charge is -2.05. The fourth-order valence-electron chi connectivity index (χ4n) is 1.73. The zero-order chi connectivity index (χ0) is 14.2. The van der Waals surface area contributed by atoms with Gasteiger partial charge in [0, 0.05) is 18.5 Å². The minimum Gasteiger partial charge on any atom is -0.461 e. The van der Waals surface area contributed by atoms with Gasteiger partial charge in [-0.05, 0) is 19.1 Å². The smallest absolute Gasteiger partial charge is 0.172 e. The average Bonchev–Trinajstić information content (AvgIpc) is 2.74. The second-order valence-electron chi connectivity index (χ2n) is 4.29. The Kier molecular flexibility index (Phi) is 3.61. The summed E-state index contributed by atoms with van der Waals surface area (Å²) in [5.41, 5.74) is 4.70. The third-order valence-corrected chi connectivity index (χ3v) is 2.54. The van der Waals surface area contributed by atoms with Gasteiger partial charge < -0.3 is 10.2 Å². The molecule has 102 valence electrons. The summed E-state index contributed by atoms with van der Waals surface area (Å²) in [6, 6.07) is 2.65. The van der Waals surface area contributed by atoms with Gasteiger partial charge in [-0.1, -0.05) is 0 Å². The second-order valence-corrected chi connectivity index (χ2v) is 4.29. The highest BCUT2D eigenvalue weighted by atomic mass is 19.2. The van der Waals surface area contributed by atoms with E-state index in [0.29, 0.717) is 12.2 Å². The lowest BCUT2D eigenvalue weighted by Crippen LogP contribution is -2.17. The molecule has 1 heterocycles. The predicted octanol–water partition coefficient (Wildman–Crippen LogP) is 3.39. The Bertz CT molecular complexity index is 581. The van der Waals surface area contributed by atoms with E-state index in [0.717, 1.165) is 0 Å². The Morgan fingerprint density at radius 3 is 2.21 bits per heavy atom. The van der Waals surface area contributed by atoms with Crippen LogP contribution in [-0.2, 0) is 6.42 Å². The van der Waals surface area contributed by atoms with Crippen LogP contribution in [0.1, 0.15) is 12.7 Å². The molecule has 0 saturated heterocycles. The summed E-state index contributed by atoms with van der Waals surface area (Å²) in [4.78, 5) is 0. The topological polar surface area (TPSA) is 39.2 Å². The Labute approximate surface area is 106 Å². The van der Waals surface area contributed by atoms with Crippen molar-refractivity contribution in [2.75, 3.05) is 0 Å². The molecule has 0 bridgehead atoms. The molecule has 6 heteroatoms. The van der Waals surface area contributed by atoms with Gasteiger partial charge in [0.2, 0.25) is 0 Å². The van der Waals surface area contributed by atoms with E-state index in [2.05, 4.69) is 0 Å². The van der Waals surface area contributed by atoms with Gasteiger partial charge >= 0.3 is 0 Å². The van der Waals surface area contributed by atoms with Crippen LogP contribution in [-0.4, -0.2) is 6.04 Å². The summed E-state index contributed by atoms with van der Waals surface area (Å²) < 4.78 is 58.4. The Balaban J connectivity index is 2.50. The molecule has 1 atom stereocenters. The van der Waals surface area contributed by atoms with Crippen LogP contribution in [0.4, 0.5) is 17.6 Å². The summed E-state index contributed by atoms with van der Waals surface area (Å²) >= 11 is 0. The van der Waals surface area contributed by atoms with Crippen molar-refractivity contribution in [2.45, 2.75) is 19.4 Å². The third-order valence-electron chi connectivity index (χ3n) is 2.54. The first-order valence-electron chi connectivity index (χ1n) is 5.57. The van der Waals surface area contributed by atoms with Crippen molar-refractivity contribution in [3.63, 3.8) is 0 Å². The molecule has 19 heavy (non-hydrogen) atoms. The first kappa shape index (κ1) is 13.6. The van der Waals surface area contributed by atoms with Gasteiger partial charge in [0.25, 0.3) is 0 Å². The largest absolute Gasteiger partial charge is 0.461 e. The molecule has 0 amide bonds. The molecular weight excluding hydrogens is 262 g/mol. The molecule has 0 aliphatic carbocycles. The average molecular weight is 273 g/mol. The van der Waals surface area contributed by atoms with Crippen LogP contribution in [0.15, 0.2) is 22.6 Å². The lowest BCUT2D eigenvalue weighted by atomic mass is 10.1. The Morgan fingerprint density at radius 2 is 1.68 bits per heavy atom. The molecule has 1 unspecified atom stereocenters. The molecule has 1 aromatic heterocycles. The van der Waals surface area contributed by atoms with Crippen LogP contribution in [0.3, 0.4) is 0 Å². The number of hydrogen-bond donors (Lipinski definition) is 1. The maximum absolute atomic E-state index is 13.5. The van der Waals surface area contributed by atoms with Gasteiger partial charge in [-0.25, -0.2) is 17.6 Å². The van der Waals surface area contributed by atoms with E-state index in [1.165, 1.54) is 12.1 Å². The van der Waals surface area contributed by atoms with Crippen LogP contribution >= 0.6 is 0 Å². The summed E-state index contributed by atoms with van der Waals surface area (Å²) in [5, 5.41) is 0. The van der Waals surface area contributed by atoms with Gasteiger partial charge in [0.15, 0.2) is 23.3 Å². The van der Waals surface area contributed by atoms with E-state index in [1.807, 2.05) is 0 Å². The van der Waals surface area contributed by atoms with E-state index < -0.39 is 28.8 Å². The fraction of sp³-hybridized carbons (Fsp3) is 0.231. The molecule has 0 spiro atoms. The highest BCUT2D eigenvalue weighted by Gasteiger charge is 2.23. The van der Waals surface area contributed by atoms with Crippen molar-refractivity contribution in [3.05, 3.63) is 47.2 Å². The molecule has 2 aromatic rings. The number of nitrogens with two attached hydrogens (primary N) is 1. The number of hydrogen-bond acceptors (Lipinski definition) is 2. The minimum atomic E-state index is -1.49. The molecule has 2 nitrogen and oxygen atoms in total. The number of furan rings is 1.